The van der Waals surface area contributed by atoms with Gasteiger partial charge in [0.25, 0.3) is 0 Å². The second-order valence-corrected chi connectivity index (χ2v) is 8.30. The molecule has 0 bridgehead atoms. The van der Waals surface area contributed by atoms with Crippen LogP contribution in [0.5, 0.6) is 0 Å². The molecule has 2 saturated carbocycles. The fraction of sp³-hybridized carbons (Fsp3) is 0.625. The summed E-state index contributed by atoms with van der Waals surface area (Å²) in [5.74, 6) is 3.35. The molecular weight excluding hydrogens is 302 g/mol. The van der Waals surface area contributed by atoms with Crippen LogP contribution in [0.25, 0.3) is 0 Å². The van der Waals surface area contributed by atoms with Gasteiger partial charge in [0.15, 0.2) is 0 Å². The zero-order valence-electron chi connectivity index (χ0n) is 15.8. The molecule has 0 aromatic heterocycles. The van der Waals surface area contributed by atoms with Crippen LogP contribution in [-0.4, -0.2) is 0 Å². The number of nitriles is 1. The second kappa shape index (κ2) is 9.23. The van der Waals surface area contributed by atoms with Crippen molar-refractivity contribution >= 4 is 0 Å². The Balaban J connectivity index is 1.42. The smallest absolute Gasteiger partial charge is 0.0991 e. The van der Waals surface area contributed by atoms with E-state index in [1.165, 1.54) is 69.8 Å². The summed E-state index contributed by atoms with van der Waals surface area (Å²) < 4.78 is 0. The van der Waals surface area contributed by atoms with Crippen LogP contribution in [0.2, 0.25) is 0 Å². The Morgan fingerprint density at radius 1 is 0.880 bits per heavy atom. The van der Waals surface area contributed by atoms with Crippen molar-refractivity contribution in [2.24, 2.45) is 17.8 Å². The van der Waals surface area contributed by atoms with Crippen LogP contribution >= 0.6 is 0 Å². The lowest BCUT2D eigenvalue weighted by molar-refractivity contribution is 0.292. The van der Waals surface area contributed by atoms with Gasteiger partial charge in [-0.2, -0.15) is 5.26 Å². The third-order valence-electron chi connectivity index (χ3n) is 6.53. The third kappa shape index (κ3) is 5.21. The average Bonchev–Trinajstić information content (AvgIpc) is 2.68. The number of hydrogen-bond acceptors (Lipinski definition) is 1. The van der Waals surface area contributed by atoms with Crippen molar-refractivity contribution in [3.63, 3.8) is 0 Å². The molecule has 2 aliphatic rings. The molecule has 0 unspecified atom stereocenters. The number of nitrogens with zero attached hydrogens (tertiary/aromatic N) is 1. The van der Waals surface area contributed by atoms with Gasteiger partial charge in [0.2, 0.25) is 0 Å². The Hall–Kier alpha value is -1.55. The van der Waals surface area contributed by atoms with E-state index in [1.807, 2.05) is 12.1 Å². The lowest BCUT2D eigenvalue weighted by atomic mass is 9.77. The van der Waals surface area contributed by atoms with Crippen LogP contribution in [0.1, 0.15) is 88.2 Å². The SMILES string of the molecule is CCCC1CCC(C=CC2CCC(c3ccc(C#N)cc3)CC2)CC1. The van der Waals surface area contributed by atoms with Crippen LogP contribution in [0.3, 0.4) is 0 Å². The predicted octanol–water partition coefficient (Wildman–Crippen LogP) is 6.99. The molecule has 0 amide bonds. The van der Waals surface area contributed by atoms with Crippen LogP contribution in [0.15, 0.2) is 36.4 Å². The molecule has 3 rings (SSSR count). The molecule has 0 heterocycles. The van der Waals surface area contributed by atoms with Gasteiger partial charge in [0.05, 0.1) is 11.6 Å². The van der Waals surface area contributed by atoms with Crippen molar-refractivity contribution in [1.29, 1.82) is 5.26 Å². The summed E-state index contributed by atoms with van der Waals surface area (Å²) in [7, 11) is 0. The molecule has 0 radical (unpaired) electrons. The standard InChI is InChI=1S/C24H33N/c1-2-3-19-4-6-20(7-5-19)8-9-21-10-14-23(15-11-21)24-16-12-22(18-25)13-17-24/h8-9,12-13,16-17,19-21,23H,2-7,10-11,14-15H2,1H3. The molecule has 0 saturated heterocycles. The lowest BCUT2D eigenvalue weighted by Gasteiger charge is -2.29. The van der Waals surface area contributed by atoms with E-state index in [9.17, 15) is 0 Å². The zero-order chi connectivity index (χ0) is 17.5. The molecule has 1 nitrogen and oxygen atoms in total. The molecule has 1 aromatic rings. The first kappa shape index (κ1) is 18.2. The summed E-state index contributed by atoms with van der Waals surface area (Å²) in [4.78, 5) is 0. The molecular formula is C24H33N. The summed E-state index contributed by atoms with van der Waals surface area (Å²) in [5.41, 5.74) is 2.20. The number of allylic oxidation sites excluding steroid dienone is 2. The Bertz CT molecular complexity index is 576. The summed E-state index contributed by atoms with van der Waals surface area (Å²) in [5, 5.41) is 8.92. The van der Waals surface area contributed by atoms with Crippen molar-refractivity contribution in [3.8, 4) is 6.07 Å². The van der Waals surface area contributed by atoms with Crippen LogP contribution < -0.4 is 0 Å². The van der Waals surface area contributed by atoms with E-state index >= 15 is 0 Å². The van der Waals surface area contributed by atoms with Crippen molar-refractivity contribution in [2.45, 2.75) is 77.0 Å². The van der Waals surface area contributed by atoms with Gasteiger partial charge in [-0.1, -0.05) is 44.1 Å². The van der Waals surface area contributed by atoms with E-state index in [0.717, 1.165) is 23.3 Å². The van der Waals surface area contributed by atoms with Crippen molar-refractivity contribution in [2.75, 3.05) is 0 Å². The first-order valence-corrected chi connectivity index (χ1v) is 10.5. The Morgan fingerprint density at radius 2 is 1.44 bits per heavy atom. The highest BCUT2D eigenvalue weighted by Gasteiger charge is 2.22. The molecule has 0 N–H and O–H groups in total. The minimum atomic E-state index is 0.696. The second-order valence-electron chi connectivity index (χ2n) is 8.30. The monoisotopic (exact) mass is 335 g/mol. The normalized spacial score (nSPS) is 30.2. The zero-order valence-corrected chi connectivity index (χ0v) is 15.8. The molecule has 134 valence electrons. The highest BCUT2D eigenvalue weighted by Crippen LogP contribution is 2.37. The van der Waals surface area contributed by atoms with Gasteiger partial charge in [0, 0.05) is 0 Å². The van der Waals surface area contributed by atoms with Gasteiger partial charge in [-0.25, -0.2) is 0 Å². The van der Waals surface area contributed by atoms with Gasteiger partial charge in [-0.05, 0) is 92.7 Å². The van der Waals surface area contributed by atoms with E-state index in [4.69, 9.17) is 5.26 Å². The van der Waals surface area contributed by atoms with Gasteiger partial charge in [-0.15, -0.1) is 0 Å². The maximum Gasteiger partial charge on any atom is 0.0991 e. The predicted molar refractivity (Wildman–Crippen MR) is 105 cm³/mol. The Labute approximate surface area is 154 Å². The summed E-state index contributed by atoms with van der Waals surface area (Å²) >= 11 is 0. The first-order chi connectivity index (χ1) is 12.3. The third-order valence-corrected chi connectivity index (χ3v) is 6.53. The number of rotatable bonds is 5. The van der Waals surface area contributed by atoms with E-state index in [0.29, 0.717) is 5.92 Å². The van der Waals surface area contributed by atoms with E-state index in [1.54, 1.807) is 0 Å². The topological polar surface area (TPSA) is 23.8 Å². The molecule has 1 heteroatoms. The Kier molecular flexibility index (Phi) is 6.74. The molecule has 25 heavy (non-hydrogen) atoms. The summed E-state index contributed by atoms with van der Waals surface area (Å²) in [6.07, 6.45) is 18.9. The molecule has 0 spiro atoms. The maximum atomic E-state index is 8.92. The number of benzene rings is 1. The average molecular weight is 336 g/mol. The molecule has 1 aromatic carbocycles. The van der Waals surface area contributed by atoms with Gasteiger partial charge < -0.3 is 0 Å². The quantitative estimate of drug-likeness (QED) is 0.532. The molecule has 0 atom stereocenters. The lowest BCUT2D eigenvalue weighted by Crippen LogP contribution is -2.14. The van der Waals surface area contributed by atoms with Crippen molar-refractivity contribution in [3.05, 3.63) is 47.5 Å². The highest BCUT2D eigenvalue weighted by molar-refractivity contribution is 5.33. The fourth-order valence-electron chi connectivity index (χ4n) is 4.87. The van der Waals surface area contributed by atoms with Crippen molar-refractivity contribution in [1.82, 2.24) is 0 Å². The van der Waals surface area contributed by atoms with E-state index in [-0.39, 0.29) is 0 Å². The Morgan fingerprint density at radius 3 is 1.96 bits per heavy atom. The molecule has 0 aliphatic heterocycles. The fourth-order valence-corrected chi connectivity index (χ4v) is 4.87. The minimum absolute atomic E-state index is 0.696. The molecule has 2 aliphatic carbocycles. The van der Waals surface area contributed by atoms with Crippen LogP contribution in [-0.2, 0) is 0 Å². The molecule has 2 fully saturated rings. The first-order valence-electron chi connectivity index (χ1n) is 10.5. The maximum absolute atomic E-state index is 8.92. The van der Waals surface area contributed by atoms with Gasteiger partial charge >= 0.3 is 0 Å². The largest absolute Gasteiger partial charge is 0.192 e. The van der Waals surface area contributed by atoms with Crippen molar-refractivity contribution < 1.29 is 0 Å². The van der Waals surface area contributed by atoms with E-state index < -0.39 is 0 Å². The highest BCUT2D eigenvalue weighted by atomic mass is 14.3. The summed E-state index contributed by atoms with van der Waals surface area (Å²) in [6.45, 7) is 2.32. The van der Waals surface area contributed by atoms with Crippen LogP contribution in [0, 0.1) is 29.1 Å². The minimum Gasteiger partial charge on any atom is -0.192 e. The summed E-state index contributed by atoms with van der Waals surface area (Å²) in [6, 6.07) is 10.5. The van der Waals surface area contributed by atoms with Gasteiger partial charge in [-0.3, -0.25) is 0 Å². The number of hydrogen-bond donors (Lipinski definition) is 0. The van der Waals surface area contributed by atoms with E-state index in [2.05, 4.69) is 37.3 Å². The van der Waals surface area contributed by atoms with Gasteiger partial charge in [0.1, 0.15) is 0 Å². The van der Waals surface area contributed by atoms with Crippen LogP contribution in [0.4, 0.5) is 0 Å².